The third-order valence-corrected chi connectivity index (χ3v) is 3.61. The van der Waals surface area contributed by atoms with Crippen LogP contribution in [-0.4, -0.2) is 13.2 Å². The Morgan fingerprint density at radius 1 is 1.05 bits per heavy atom. The normalized spacial score (nSPS) is 12.0. The molecule has 0 heterocycles. The molecule has 1 unspecified atom stereocenters. The largest absolute Gasteiger partial charge is 0.492 e. The third kappa shape index (κ3) is 4.78. The van der Waals surface area contributed by atoms with E-state index in [-0.39, 0.29) is 5.82 Å². The van der Waals surface area contributed by atoms with E-state index in [1.807, 2.05) is 12.1 Å². The van der Waals surface area contributed by atoms with Gasteiger partial charge in [0.05, 0.1) is 0 Å². The molecule has 2 aromatic carbocycles. The minimum Gasteiger partial charge on any atom is -0.492 e. The molecule has 0 saturated heterocycles. The van der Waals surface area contributed by atoms with Crippen LogP contribution in [0.5, 0.6) is 5.75 Å². The van der Waals surface area contributed by atoms with Crippen LogP contribution in [0.15, 0.2) is 48.5 Å². The van der Waals surface area contributed by atoms with Gasteiger partial charge in [0.15, 0.2) is 0 Å². The fraction of sp³-hybridized carbons (Fsp3) is 0.333. The van der Waals surface area contributed by atoms with Gasteiger partial charge in [0.25, 0.3) is 0 Å². The summed E-state index contributed by atoms with van der Waals surface area (Å²) in [4.78, 5) is 0. The molecule has 1 atom stereocenters. The maximum Gasteiger partial charge on any atom is 0.123 e. The molecule has 1 N–H and O–H groups in total. The molecule has 0 fully saturated rings. The molecule has 2 aromatic rings. The van der Waals surface area contributed by atoms with E-state index in [9.17, 15) is 4.39 Å². The molecule has 2 rings (SSSR count). The maximum absolute atomic E-state index is 12.8. The molecule has 0 aromatic heterocycles. The molecule has 0 aliphatic rings. The Morgan fingerprint density at radius 2 is 1.71 bits per heavy atom. The fourth-order valence-corrected chi connectivity index (χ4v) is 2.06. The lowest BCUT2D eigenvalue weighted by Gasteiger charge is -2.11. The van der Waals surface area contributed by atoms with Crippen LogP contribution < -0.4 is 10.1 Å². The van der Waals surface area contributed by atoms with Gasteiger partial charge in [-0.25, -0.2) is 4.39 Å². The zero-order chi connectivity index (χ0) is 15.1. The maximum atomic E-state index is 12.8. The first-order valence-electron chi connectivity index (χ1n) is 7.41. The van der Waals surface area contributed by atoms with Crippen LogP contribution in [0.2, 0.25) is 0 Å². The summed E-state index contributed by atoms with van der Waals surface area (Å²) in [5.41, 5.74) is 2.24. The molecule has 0 aliphatic carbocycles. The van der Waals surface area contributed by atoms with Crippen LogP contribution in [-0.2, 0) is 0 Å². The lowest BCUT2D eigenvalue weighted by Crippen LogP contribution is -2.11. The van der Waals surface area contributed by atoms with Gasteiger partial charge in [0, 0.05) is 12.2 Å². The molecule has 0 saturated carbocycles. The number of rotatable bonds is 7. The molecule has 0 spiro atoms. The van der Waals surface area contributed by atoms with Crippen molar-refractivity contribution in [1.29, 1.82) is 0 Å². The van der Waals surface area contributed by atoms with Crippen LogP contribution in [0.25, 0.3) is 0 Å². The molecule has 112 valence electrons. The SMILES string of the molecule is CCC(C)c1ccc(OCCNc2ccc(F)cc2)cc1. The molecule has 0 aliphatic heterocycles. The number of hydrogen-bond donors (Lipinski definition) is 1. The number of halogens is 1. The van der Waals surface area contributed by atoms with Crippen LogP contribution in [0, 0.1) is 5.82 Å². The Hall–Kier alpha value is -2.03. The average Bonchev–Trinajstić information content (AvgIpc) is 2.53. The minimum absolute atomic E-state index is 0.224. The first kappa shape index (κ1) is 15.4. The van der Waals surface area contributed by atoms with E-state index in [0.29, 0.717) is 19.1 Å². The first-order chi connectivity index (χ1) is 10.2. The zero-order valence-corrected chi connectivity index (χ0v) is 12.6. The summed E-state index contributed by atoms with van der Waals surface area (Å²) >= 11 is 0. The molecule has 2 nitrogen and oxygen atoms in total. The van der Waals surface area contributed by atoms with Gasteiger partial charge >= 0.3 is 0 Å². The monoisotopic (exact) mass is 287 g/mol. The van der Waals surface area contributed by atoms with Crippen LogP contribution in [0.3, 0.4) is 0 Å². The van der Waals surface area contributed by atoms with Crippen molar-refractivity contribution in [2.75, 3.05) is 18.5 Å². The van der Waals surface area contributed by atoms with Gasteiger partial charge in [-0.1, -0.05) is 26.0 Å². The molecule has 3 heteroatoms. The molecule has 0 radical (unpaired) electrons. The van der Waals surface area contributed by atoms with Crippen LogP contribution in [0.1, 0.15) is 31.7 Å². The Bertz CT molecular complexity index is 536. The molecule has 0 bridgehead atoms. The number of benzene rings is 2. The second-order valence-corrected chi connectivity index (χ2v) is 5.16. The third-order valence-electron chi connectivity index (χ3n) is 3.61. The molecular formula is C18H22FNO. The molecule has 21 heavy (non-hydrogen) atoms. The van der Waals surface area contributed by atoms with Gasteiger partial charge in [0.2, 0.25) is 0 Å². The summed E-state index contributed by atoms with van der Waals surface area (Å²) in [5, 5.41) is 3.19. The van der Waals surface area contributed by atoms with Crippen molar-refractivity contribution in [2.24, 2.45) is 0 Å². The predicted molar refractivity (Wildman–Crippen MR) is 85.5 cm³/mol. The number of nitrogens with one attached hydrogen (secondary N) is 1. The zero-order valence-electron chi connectivity index (χ0n) is 12.6. The summed E-state index contributed by atoms with van der Waals surface area (Å²) in [6.07, 6.45) is 1.14. The van der Waals surface area contributed by atoms with Crippen molar-refractivity contribution in [3.05, 3.63) is 59.9 Å². The summed E-state index contributed by atoms with van der Waals surface area (Å²) in [6.45, 7) is 5.66. The average molecular weight is 287 g/mol. The number of anilines is 1. The van der Waals surface area contributed by atoms with Gasteiger partial charge < -0.3 is 10.1 Å². The van der Waals surface area contributed by atoms with Crippen LogP contribution >= 0.6 is 0 Å². The minimum atomic E-state index is -0.224. The quantitative estimate of drug-likeness (QED) is 0.736. The van der Waals surface area contributed by atoms with E-state index in [1.54, 1.807) is 12.1 Å². The lowest BCUT2D eigenvalue weighted by atomic mass is 9.99. The van der Waals surface area contributed by atoms with E-state index in [4.69, 9.17) is 4.74 Å². The molecular weight excluding hydrogens is 265 g/mol. The topological polar surface area (TPSA) is 21.3 Å². The highest BCUT2D eigenvalue weighted by Gasteiger charge is 2.02. The standard InChI is InChI=1S/C18H22FNO/c1-3-14(2)15-4-10-18(11-5-15)21-13-12-20-17-8-6-16(19)7-9-17/h4-11,14,20H,3,12-13H2,1-2H3. The van der Waals surface area contributed by atoms with Crippen molar-refractivity contribution >= 4 is 5.69 Å². The fourth-order valence-electron chi connectivity index (χ4n) is 2.06. The summed E-state index contributed by atoms with van der Waals surface area (Å²) in [5.74, 6) is 1.24. The predicted octanol–water partition coefficient (Wildman–Crippen LogP) is 4.83. The van der Waals surface area contributed by atoms with E-state index in [1.165, 1.54) is 17.7 Å². The van der Waals surface area contributed by atoms with Gasteiger partial charge in [-0.05, 0) is 54.3 Å². The van der Waals surface area contributed by atoms with Crippen LogP contribution in [0.4, 0.5) is 10.1 Å². The first-order valence-corrected chi connectivity index (χ1v) is 7.41. The Balaban J connectivity index is 1.74. The van der Waals surface area contributed by atoms with E-state index < -0.39 is 0 Å². The lowest BCUT2D eigenvalue weighted by molar-refractivity contribution is 0.332. The molecule has 0 amide bonds. The highest BCUT2D eigenvalue weighted by molar-refractivity contribution is 5.42. The Kier molecular flexibility index (Phi) is 5.61. The summed E-state index contributed by atoms with van der Waals surface area (Å²) in [6, 6.07) is 14.6. The number of ether oxygens (including phenoxy) is 1. The smallest absolute Gasteiger partial charge is 0.123 e. The van der Waals surface area contributed by atoms with Gasteiger partial charge in [-0.3, -0.25) is 0 Å². The van der Waals surface area contributed by atoms with E-state index in [2.05, 4.69) is 31.3 Å². The van der Waals surface area contributed by atoms with Crippen molar-refractivity contribution in [1.82, 2.24) is 0 Å². The Labute approximate surface area is 126 Å². The number of hydrogen-bond acceptors (Lipinski definition) is 2. The van der Waals surface area contributed by atoms with E-state index >= 15 is 0 Å². The Morgan fingerprint density at radius 3 is 2.33 bits per heavy atom. The second kappa shape index (κ2) is 7.67. The van der Waals surface area contributed by atoms with Gasteiger partial charge in [-0.15, -0.1) is 0 Å². The van der Waals surface area contributed by atoms with Crippen molar-refractivity contribution in [3.8, 4) is 5.75 Å². The van der Waals surface area contributed by atoms with Gasteiger partial charge in [-0.2, -0.15) is 0 Å². The van der Waals surface area contributed by atoms with E-state index in [0.717, 1.165) is 17.9 Å². The van der Waals surface area contributed by atoms with Crippen molar-refractivity contribution in [3.63, 3.8) is 0 Å². The van der Waals surface area contributed by atoms with Crippen molar-refractivity contribution in [2.45, 2.75) is 26.2 Å². The summed E-state index contributed by atoms with van der Waals surface area (Å²) < 4.78 is 18.4. The summed E-state index contributed by atoms with van der Waals surface area (Å²) in [7, 11) is 0. The van der Waals surface area contributed by atoms with Crippen molar-refractivity contribution < 1.29 is 9.13 Å². The highest BCUT2D eigenvalue weighted by Crippen LogP contribution is 2.21. The highest BCUT2D eigenvalue weighted by atomic mass is 19.1. The van der Waals surface area contributed by atoms with Gasteiger partial charge in [0.1, 0.15) is 18.2 Å². The second-order valence-electron chi connectivity index (χ2n) is 5.16.